The topological polar surface area (TPSA) is 76.5 Å². The van der Waals surface area contributed by atoms with Crippen molar-refractivity contribution in [3.05, 3.63) is 23.9 Å². The number of methoxy groups -OCH3 is 1. The Morgan fingerprint density at radius 2 is 2.19 bits per heavy atom. The minimum absolute atomic E-state index is 0.0294. The molecule has 0 atom stereocenters. The number of aromatic nitrogens is 1. The molecule has 1 aliphatic rings. The van der Waals surface area contributed by atoms with E-state index in [1.54, 1.807) is 12.1 Å². The molecule has 0 spiro atoms. The van der Waals surface area contributed by atoms with Gasteiger partial charge in [-0.2, -0.15) is 0 Å². The third-order valence-corrected chi connectivity index (χ3v) is 2.91. The smallest absolute Gasteiger partial charge is 0.315 e. The lowest BCUT2D eigenvalue weighted by Crippen LogP contribution is -2.48. The molecule has 16 heavy (non-hydrogen) atoms. The first kappa shape index (κ1) is 10.6. The number of carbonyl (C=O) groups is 2. The number of ketones is 1. The van der Waals surface area contributed by atoms with Crippen molar-refractivity contribution in [3.8, 4) is 5.88 Å². The number of pyridine rings is 1. The third-order valence-electron chi connectivity index (χ3n) is 2.91. The van der Waals surface area contributed by atoms with Crippen molar-refractivity contribution < 1.29 is 19.4 Å². The molecule has 84 valence electrons. The van der Waals surface area contributed by atoms with Gasteiger partial charge in [0.25, 0.3) is 0 Å². The molecule has 1 saturated carbocycles. The second-order valence-corrected chi connectivity index (χ2v) is 3.87. The molecule has 0 aromatic carbocycles. The molecule has 1 aromatic heterocycles. The third kappa shape index (κ3) is 1.44. The molecule has 0 radical (unpaired) electrons. The zero-order valence-electron chi connectivity index (χ0n) is 8.77. The fourth-order valence-electron chi connectivity index (χ4n) is 1.88. The molecule has 1 heterocycles. The summed E-state index contributed by atoms with van der Waals surface area (Å²) in [7, 11) is 1.49. The van der Waals surface area contributed by atoms with Gasteiger partial charge in [-0.15, -0.1) is 0 Å². The van der Waals surface area contributed by atoms with Gasteiger partial charge < -0.3 is 9.84 Å². The van der Waals surface area contributed by atoms with Crippen LogP contribution in [-0.4, -0.2) is 29.0 Å². The van der Waals surface area contributed by atoms with E-state index in [4.69, 9.17) is 4.74 Å². The second-order valence-electron chi connectivity index (χ2n) is 3.87. The number of ether oxygens (including phenoxy) is 1. The number of hydrogen-bond acceptors (Lipinski definition) is 4. The summed E-state index contributed by atoms with van der Waals surface area (Å²) in [5.74, 6) is -0.577. The minimum atomic E-state index is -1.07. The van der Waals surface area contributed by atoms with E-state index in [2.05, 4.69) is 4.98 Å². The van der Waals surface area contributed by atoms with Gasteiger partial charge in [-0.1, -0.05) is 6.07 Å². The maximum absolute atomic E-state index is 11.2. The lowest BCUT2D eigenvalue weighted by molar-refractivity contribution is -0.153. The van der Waals surface area contributed by atoms with E-state index in [-0.39, 0.29) is 18.6 Å². The Morgan fingerprint density at radius 3 is 2.56 bits per heavy atom. The molecule has 5 nitrogen and oxygen atoms in total. The first-order valence-electron chi connectivity index (χ1n) is 4.84. The van der Waals surface area contributed by atoms with Crippen LogP contribution in [0.25, 0.3) is 0 Å². The summed E-state index contributed by atoms with van der Waals surface area (Å²) >= 11 is 0. The molecule has 0 bridgehead atoms. The van der Waals surface area contributed by atoms with Crippen molar-refractivity contribution in [2.75, 3.05) is 7.11 Å². The van der Waals surface area contributed by atoms with E-state index in [0.29, 0.717) is 11.4 Å². The van der Waals surface area contributed by atoms with Crippen LogP contribution in [0.2, 0.25) is 0 Å². The number of carboxylic acid groups (broad SMARTS) is 1. The molecule has 2 rings (SSSR count). The number of carboxylic acids is 1. The lowest BCUT2D eigenvalue weighted by Gasteiger charge is -2.36. The Morgan fingerprint density at radius 1 is 1.50 bits per heavy atom. The lowest BCUT2D eigenvalue weighted by atomic mass is 9.64. The van der Waals surface area contributed by atoms with Crippen LogP contribution in [-0.2, 0) is 15.0 Å². The van der Waals surface area contributed by atoms with Gasteiger partial charge in [0.05, 0.1) is 7.11 Å². The quantitative estimate of drug-likeness (QED) is 0.816. The highest BCUT2D eigenvalue weighted by Crippen LogP contribution is 2.41. The number of Topliss-reactive ketones (excluding diaryl/α,β-unsaturated/α-hetero) is 1. The van der Waals surface area contributed by atoms with Crippen LogP contribution in [0.5, 0.6) is 5.88 Å². The average Bonchev–Trinajstić information content (AvgIpc) is 2.24. The van der Waals surface area contributed by atoms with Gasteiger partial charge in [-0.05, 0) is 5.56 Å². The van der Waals surface area contributed by atoms with Crippen molar-refractivity contribution in [3.63, 3.8) is 0 Å². The Bertz CT molecular complexity index is 430. The SMILES string of the molecule is COc1ccc(C2(C(=O)O)CC(=O)C2)cn1. The predicted molar refractivity (Wildman–Crippen MR) is 54.3 cm³/mol. The van der Waals surface area contributed by atoms with Crippen molar-refractivity contribution >= 4 is 11.8 Å². The maximum atomic E-state index is 11.2. The van der Waals surface area contributed by atoms with Crippen LogP contribution in [0.4, 0.5) is 0 Å². The summed E-state index contributed by atoms with van der Waals surface area (Å²) in [5, 5.41) is 9.17. The number of nitrogens with zero attached hydrogens (tertiary/aromatic N) is 1. The molecular formula is C11H11NO4. The van der Waals surface area contributed by atoms with E-state index in [1.165, 1.54) is 13.3 Å². The Balaban J connectivity index is 2.33. The zero-order chi connectivity index (χ0) is 11.8. The van der Waals surface area contributed by atoms with E-state index in [1.807, 2.05) is 0 Å². The molecule has 1 aliphatic carbocycles. The summed E-state index contributed by atoms with van der Waals surface area (Å²) < 4.78 is 4.89. The highest BCUT2D eigenvalue weighted by Gasteiger charge is 2.51. The van der Waals surface area contributed by atoms with Crippen molar-refractivity contribution in [1.29, 1.82) is 0 Å². The average molecular weight is 221 g/mol. The molecule has 0 aliphatic heterocycles. The van der Waals surface area contributed by atoms with E-state index in [9.17, 15) is 14.7 Å². The zero-order valence-corrected chi connectivity index (χ0v) is 8.77. The van der Waals surface area contributed by atoms with Crippen LogP contribution in [0.3, 0.4) is 0 Å². The van der Waals surface area contributed by atoms with Gasteiger partial charge in [0, 0.05) is 25.1 Å². The van der Waals surface area contributed by atoms with Gasteiger partial charge in [0.2, 0.25) is 5.88 Å². The minimum Gasteiger partial charge on any atom is -0.481 e. The summed E-state index contributed by atoms with van der Waals surface area (Å²) in [6.07, 6.45) is 1.56. The molecule has 1 N–H and O–H groups in total. The van der Waals surface area contributed by atoms with Gasteiger partial charge >= 0.3 is 5.97 Å². The summed E-state index contributed by atoms with van der Waals surface area (Å²) in [4.78, 5) is 26.2. The van der Waals surface area contributed by atoms with Crippen LogP contribution in [0, 0.1) is 0 Å². The van der Waals surface area contributed by atoms with Crippen molar-refractivity contribution in [2.24, 2.45) is 0 Å². The number of rotatable bonds is 3. The normalized spacial score (nSPS) is 17.7. The molecule has 0 unspecified atom stereocenters. The molecule has 5 heteroatoms. The number of hydrogen-bond donors (Lipinski definition) is 1. The van der Waals surface area contributed by atoms with E-state index >= 15 is 0 Å². The second kappa shape index (κ2) is 3.59. The Hall–Kier alpha value is -1.91. The fraction of sp³-hybridized carbons (Fsp3) is 0.364. The van der Waals surface area contributed by atoms with E-state index in [0.717, 1.165) is 0 Å². The molecule has 0 saturated heterocycles. The standard InChI is InChI=1S/C11H11NO4/c1-16-9-3-2-7(6-12-9)11(10(14)15)4-8(13)5-11/h2-3,6H,4-5H2,1H3,(H,14,15). The summed E-state index contributed by atoms with van der Waals surface area (Å²) in [6.45, 7) is 0. The van der Waals surface area contributed by atoms with Crippen LogP contribution in [0.1, 0.15) is 18.4 Å². The van der Waals surface area contributed by atoms with E-state index < -0.39 is 11.4 Å². The Labute approximate surface area is 92.1 Å². The van der Waals surface area contributed by atoms with Crippen molar-refractivity contribution in [2.45, 2.75) is 18.3 Å². The van der Waals surface area contributed by atoms with Crippen LogP contribution in [0.15, 0.2) is 18.3 Å². The van der Waals surface area contributed by atoms with Crippen LogP contribution >= 0.6 is 0 Å². The molecular weight excluding hydrogens is 210 g/mol. The monoisotopic (exact) mass is 221 g/mol. The maximum Gasteiger partial charge on any atom is 0.315 e. The highest BCUT2D eigenvalue weighted by atomic mass is 16.5. The summed E-state index contributed by atoms with van der Waals surface area (Å²) in [6, 6.07) is 3.25. The largest absolute Gasteiger partial charge is 0.481 e. The van der Waals surface area contributed by atoms with Gasteiger partial charge in [-0.25, -0.2) is 4.98 Å². The summed E-state index contributed by atoms with van der Waals surface area (Å²) in [5.41, 5.74) is -0.517. The van der Waals surface area contributed by atoms with Gasteiger partial charge in [0.15, 0.2) is 0 Å². The van der Waals surface area contributed by atoms with Crippen molar-refractivity contribution in [1.82, 2.24) is 4.98 Å². The molecule has 0 amide bonds. The van der Waals surface area contributed by atoms with Crippen LogP contribution < -0.4 is 4.74 Å². The first-order valence-corrected chi connectivity index (χ1v) is 4.84. The highest BCUT2D eigenvalue weighted by molar-refractivity contribution is 6.01. The first-order chi connectivity index (χ1) is 7.58. The molecule has 1 aromatic rings. The number of carbonyl (C=O) groups excluding carboxylic acids is 1. The Kier molecular flexibility index (Phi) is 2.38. The fourth-order valence-corrected chi connectivity index (χ4v) is 1.88. The van der Waals surface area contributed by atoms with Gasteiger partial charge in [0.1, 0.15) is 11.2 Å². The number of aliphatic carboxylic acids is 1. The predicted octanol–water partition coefficient (Wildman–Crippen LogP) is 0.775. The molecule has 1 fully saturated rings. The van der Waals surface area contributed by atoms with Gasteiger partial charge in [-0.3, -0.25) is 9.59 Å².